The van der Waals surface area contributed by atoms with Gasteiger partial charge in [0.2, 0.25) is 5.79 Å². The van der Waals surface area contributed by atoms with Gasteiger partial charge in [-0.15, -0.1) is 0 Å². The van der Waals surface area contributed by atoms with Crippen LogP contribution in [0.1, 0.15) is 26.7 Å². The second-order valence-corrected chi connectivity index (χ2v) is 2.12. The van der Waals surface area contributed by atoms with Crippen LogP contribution in [0.25, 0.3) is 0 Å². The van der Waals surface area contributed by atoms with Gasteiger partial charge in [0, 0.05) is 13.3 Å². The Hall–Kier alpha value is -0.410. The largest absolute Gasteiger partial charge is 0.360 e. The van der Waals surface area contributed by atoms with Crippen LogP contribution in [0.5, 0.6) is 0 Å². The average molecular weight is 132 g/mol. The molecule has 0 fully saturated rings. The Bertz CT molecular complexity index is 107. The fraction of sp³-hybridized carbons (Fsp3) is 0.833. The predicted octanol–water partition coefficient (Wildman–Crippen LogP) is 0.0564. The van der Waals surface area contributed by atoms with Crippen molar-refractivity contribution in [2.45, 2.75) is 32.5 Å². The highest BCUT2D eigenvalue weighted by molar-refractivity contribution is 5.82. The zero-order valence-corrected chi connectivity index (χ0v) is 5.72. The molecule has 54 valence electrons. The van der Waals surface area contributed by atoms with Gasteiger partial charge in [0.25, 0.3) is 0 Å². The third-order valence-corrected chi connectivity index (χ3v) is 1.16. The fourth-order valence-electron chi connectivity index (χ4n) is 0.525. The Balaban J connectivity index is 3.85. The van der Waals surface area contributed by atoms with Crippen LogP contribution in [-0.4, -0.2) is 21.8 Å². The third kappa shape index (κ3) is 2.58. The Labute approximate surface area is 54.3 Å². The van der Waals surface area contributed by atoms with Crippen molar-refractivity contribution in [3.63, 3.8) is 0 Å². The van der Waals surface area contributed by atoms with E-state index < -0.39 is 11.6 Å². The molecule has 0 aliphatic heterocycles. The van der Waals surface area contributed by atoms with Crippen LogP contribution in [0.4, 0.5) is 0 Å². The van der Waals surface area contributed by atoms with Crippen molar-refractivity contribution in [2.24, 2.45) is 0 Å². The number of ketones is 1. The minimum atomic E-state index is -2.09. The van der Waals surface area contributed by atoms with Gasteiger partial charge in [0.1, 0.15) is 0 Å². The van der Waals surface area contributed by atoms with E-state index in [-0.39, 0.29) is 6.42 Å². The van der Waals surface area contributed by atoms with E-state index in [1.165, 1.54) is 0 Å². The van der Waals surface area contributed by atoms with Gasteiger partial charge < -0.3 is 10.2 Å². The monoisotopic (exact) mass is 132 g/mol. The molecule has 9 heavy (non-hydrogen) atoms. The zero-order valence-electron chi connectivity index (χ0n) is 5.72. The predicted molar refractivity (Wildman–Crippen MR) is 32.8 cm³/mol. The van der Waals surface area contributed by atoms with E-state index in [2.05, 4.69) is 0 Å². The number of Topliss-reactive ketones (excluding diaryl/α,β-unsaturated/α-hetero) is 1. The molecule has 0 heterocycles. The molecule has 3 heteroatoms. The van der Waals surface area contributed by atoms with Gasteiger partial charge in [-0.3, -0.25) is 4.79 Å². The van der Waals surface area contributed by atoms with Crippen LogP contribution >= 0.6 is 0 Å². The van der Waals surface area contributed by atoms with Crippen molar-refractivity contribution >= 4 is 5.78 Å². The van der Waals surface area contributed by atoms with Gasteiger partial charge in [-0.1, -0.05) is 13.3 Å². The zero-order chi connectivity index (χ0) is 7.49. The van der Waals surface area contributed by atoms with Gasteiger partial charge in [0.05, 0.1) is 0 Å². The summed E-state index contributed by atoms with van der Waals surface area (Å²) in [6.07, 6.45) is 0.703. The summed E-state index contributed by atoms with van der Waals surface area (Å²) in [7, 11) is 0. The van der Waals surface area contributed by atoms with Crippen molar-refractivity contribution < 1.29 is 15.0 Å². The molecule has 0 radical (unpaired) electrons. The molecule has 0 atom stereocenters. The highest BCUT2D eigenvalue weighted by atomic mass is 16.5. The molecule has 0 spiro atoms. The summed E-state index contributed by atoms with van der Waals surface area (Å²) in [5, 5.41) is 17.6. The molecule has 0 unspecified atom stereocenters. The van der Waals surface area contributed by atoms with Crippen LogP contribution < -0.4 is 0 Å². The van der Waals surface area contributed by atoms with Gasteiger partial charge >= 0.3 is 0 Å². The quantitative estimate of drug-likeness (QED) is 0.534. The first kappa shape index (κ1) is 8.59. The average Bonchev–Trinajstić information content (AvgIpc) is 1.65. The second-order valence-electron chi connectivity index (χ2n) is 2.12. The molecule has 0 saturated heterocycles. The molecule has 0 aromatic carbocycles. The Kier molecular flexibility index (Phi) is 2.81. The van der Waals surface area contributed by atoms with Crippen molar-refractivity contribution in [2.75, 3.05) is 0 Å². The molecule has 0 amide bonds. The van der Waals surface area contributed by atoms with E-state index in [1.807, 2.05) is 0 Å². The Morgan fingerprint density at radius 1 is 1.56 bits per heavy atom. The summed E-state index contributed by atoms with van der Waals surface area (Å²) in [6.45, 7) is 2.94. The summed E-state index contributed by atoms with van der Waals surface area (Å²) in [4.78, 5) is 10.4. The van der Waals surface area contributed by atoms with Crippen LogP contribution in [0.15, 0.2) is 0 Å². The van der Waals surface area contributed by atoms with Crippen LogP contribution in [0.2, 0.25) is 0 Å². The van der Waals surface area contributed by atoms with Crippen LogP contribution in [-0.2, 0) is 4.79 Å². The van der Waals surface area contributed by atoms with Crippen molar-refractivity contribution in [3.05, 3.63) is 0 Å². The summed E-state index contributed by atoms with van der Waals surface area (Å²) >= 11 is 0. The van der Waals surface area contributed by atoms with Gasteiger partial charge in [-0.2, -0.15) is 0 Å². The molecular formula is C6H12O3. The van der Waals surface area contributed by atoms with Crippen molar-refractivity contribution in [1.29, 1.82) is 0 Å². The van der Waals surface area contributed by atoms with Crippen LogP contribution in [0, 0.1) is 0 Å². The number of hydrogen-bond acceptors (Lipinski definition) is 3. The molecule has 0 bridgehead atoms. The summed E-state index contributed by atoms with van der Waals surface area (Å²) < 4.78 is 0. The van der Waals surface area contributed by atoms with E-state index in [1.54, 1.807) is 6.92 Å². The Morgan fingerprint density at radius 2 is 2.00 bits per heavy atom. The van der Waals surface area contributed by atoms with E-state index in [4.69, 9.17) is 10.2 Å². The smallest absolute Gasteiger partial charge is 0.223 e. The van der Waals surface area contributed by atoms with E-state index >= 15 is 0 Å². The van der Waals surface area contributed by atoms with Gasteiger partial charge in [-0.25, -0.2) is 0 Å². The number of carbonyl (C=O) groups excluding carboxylic acids is 1. The first-order valence-electron chi connectivity index (χ1n) is 2.96. The van der Waals surface area contributed by atoms with Crippen molar-refractivity contribution in [3.8, 4) is 0 Å². The second kappa shape index (κ2) is 2.94. The summed E-state index contributed by atoms with van der Waals surface area (Å²) in [5.41, 5.74) is 0. The molecule has 0 saturated carbocycles. The standard InChI is InChI=1S/C6H12O3/c1-3-4-6(8,9)5(2)7/h8-9H,3-4H2,1-2H3. The lowest BCUT2D eigenvalue weighted by atomic mass is 10.1. The minimum Gasteiger partial charge on any atom is -0.360 e. The lowest BCUT2D eigenvalue weighted by Gasteiger charge is -2.15. The van der Waals surface area contributed by atoms with Gasteiger partial charge in [0.15, 0.2) is 5.78 Å². The molecule has 2 N–H and O–H groups in total. The van der Waals surface area contributed by atoms with Gasteiger partial charge in [-0.05, 0) is 0 Å². The number of carbonyl (C=O) groups is 1. The molecule has 0 rings (SSSR count). The third-order valence-electron chi connectivity index (χ3n) is 1.16. The highest BCUT2D eigenvalue weighted by Crippen LogP contribution is 2.08. The number of rotatable bonds is 3. The maximum Gasteiger partial charge on any atom is 0.223 e. The number of hydrogen-bond donors (Lipinski definition) is 2. The lowest BCUT2D eigenvalue weighted by molar-refractivity contribution is -0.182. The normalized spacial score (nSPS) is 11.6. The molecule has 0 aromatic rings. The van der Waals surface area contributed by atoms with Crippen LogP contribution in [0.3, 0.4) is 0 Å². The molecule has 0 aliphatic carbocycles. The SMILES string of the molecule is CCCC(O)(O)C(C)=O. The first-order chi connectivity index (χ1) is 4.00. The fourth-order valence-corrected chi connectivity index (χ4v) is 0.525. The van der Waals surface area contributed by atoms with Crippen molar-refractivity contribution in [1.82, 2.24) is 0 Å². The Morgan fingerprint density at radius 3 is 2.11 bits per heavy atom. The molecule has 3 nitrogen and oxygen atoms in total. The molecule has 0 aliphatic rings. The minimum absolute atomic E-state index is 0.113. The van der Waals surface area contributed by atoms with E-state index in [0.29, 0.717) is 6.42 Å². The molecule has 0 aromatic heterocycles. The summed E-state index contributed by atoms with van der Waals surface area (Å²) in [5.74, 6) is -2.68. The lowest BCUT2D eigenvalue weighted by Crippen LogP contribution is -2.35. The number of aliphatic hydroxyl groups is 2. The molecular weight excluding hydrogens is 120 g/mol. The maximum absolute atomic E-state index is 10.4. The summed E-state index contributed by atoms with van der Waals surface area (Å²) in [6, 6.07) is 0. The first-order valence-corrected chi connectivity index (χ1v) is 2.96. The topological polar surface area (TPSA) is 57.5 Å². The van der Waals surface area contributed by atoms with E-state index in [0.717, 1.165) is 6.92 Å². The highest BCUT2D eigenvalue weighted by Gasteiger charge is 2.27. The maximum atomic E-state index is 10.4. The van der Waals surface area contributed by atoms with E-state index in [9.17, 15) is 4.79 Å².